The highest BCUT2D eigenvalue weighted by atomic mass is 16.5. The van der Waals surface area contributed by atoms with Crippen LogP contribution in [0.3, 0.4) is 0 Å². The molecule has 1 amide bonds. The van der Waals surface area contributed by atoms with Gasteiger partial charge in [0.1, 0.15) is 5.58 Å². The first-order valence-corrected chi connectivity index (χ1v) is 8.64. The molecule has 0 bridgehead atoms. The highest BCUT2D eigenvalue weighted by Gasteiger charge is 2.16. The summed E-state index contributed by atoms with van der Waals surface area (Å²) < 4.78 is 10.6. The number of hydrogen-bond donors (Lipinski definition) is 1. The van der Waals surface area contributed by atoms with Crippen LogP contribution in [0.15, 0.2) is 33.5 Å². The van der Waals surface area contributed by atoms with Crippen molar-refractivity contribution in [1.82, 2.24) is 10.2 Å². The Hall–Kier alpha value is -2.18. The Balaban J connectivity index is 1.66. The third kappa shape index (κ3) is 4.67. The molecule has 0 radical (unpaired) electrons. The Morgan fingerprint density at radius 1 is 1.28 bits per heavy atom. The van der Waals surface area contributed by atoms with Crippen molar-refractivity contribution in [2.45, 2.75) is 26.3 Å². The predicted molar refractivity (Wildman–Crippen MR) is 95.8 cm³/mol. The number of morpholine rings is 1. The number of nitrogens with zero attached hydrogens (tertiary/aromatic N) is 1. The molecule has 1 aliphatic rings. The second-order valence-corrected chi connectivity index (χ2v) is 6.65. The summed E-state index contributed by atoms with van der Waals surface area (Å²) in [5.41, 5.74) is 1.80. The average molecular weight is 344 g/mol. The molecule has 1 fully saturated rings. The summed E-state index contributed by atoms with van der Waals surface area (Å²) >= 11 is 0. The van der Waals surface area contributed by atoms with E-state index in [4.69, 9.17) is 9.15 Å². The van der Waals surface area contributed by atoms with E-state index in [1.54, 1.807) is 0 Å². The quantitative estimate of drug-likeness (QED) is 0.832. The molecule has 1 saturated heterocycles. The summed E-state index contributed by atoms with van der Waals surface area (Å²) in [6.45, 7) is 8.00. The number of nitrogens with one attached hydrogen (secondary N) is 1. The van der Waals surface area contributed by atoms with Gasteiger partial charge in [0, 0.05) is 37.1 Å². The molecule has 1 atom stereocenters. The zero-order valence-corrected chi connectivity index (χ0v) is 14.7. The van der Waals surface area contributed by atoms with E-state index in [-0.39, 0.29) is 18.4 Å². The van der Waals surface area contributed by atoms with Gasteiger partial charge in [-0.25, -0.2) is 4.79 Å². The van der Waals surface area contributed by atoms with E-state index >= 15 is 0 Å². The van der Waals surface area contributed by atoms with Gasteiger partial charge >= 0.3 is 5.63 Å². The van der Waals surface area contributed by atoms with Crippen LogP contribution in [0.2, 0.25) is 0 Å². The minimum atomic E-state index is -0.428. The van der Waals surface area contributed by atoms with Gasteiger partial charge in [0.2, 0.25) is 5.91 Å². The first kappa shape index (κ1) is 17.6. The van der Waals surface area contributed by atoms with Crippen molar-refractivity contribution in [2.75, 3.05) is 32.8 Å². The summed E-state index contributed by atoms with van der Waals surface area (Å²) in [5, 5.41) is 3.82. The van der Waals surface area contributed by atoms with Crippen molar-refractivity contribution in [3.8, 4) is 0 Å². The van der Waals surface area contributed by atoms with Crippen LogP contribution in [-0.2, 0) is 16.0 Å². The number of rotatable bonds is 5. The molecule has 6 nitrogen and oxygen atoms in total. The number of amides is 1. The molecule has 1 aromatic carbocycles. The lowest BCUT2D eigenvalue weighted by Crippen LogP contribution is -2.46. The van der Waals surface area contributed by atoms with Crippen molar-refractivity contribution in [1.29, 1.82) is 0 Å². The molecule has 134 valence electrons. The van der Waals surface area contributed by atoms with Crippen molar-refractivity contribution in [3.05, 3.63) is 45.8 Å². The first-order valence-electron chi connectivity index (χ1n) is 8.64. The fourth-order valence-electron chi connectivity index (χ4n) is 3.20. The number of carbonyl (C=O) groups excluding carboxylic acids is 1. The second-order valence-electron chi connectivity index (χ2n) is 6.65. The molecular weight excluding hydrogens is 320 g/mol. The third-order valence-corrected chi connectivity index (χ3v) is 4.38. The lowest BCUT2D eigenvalue weighted by Gasteiger charge is -2.29. The predicted octanol–water partition coefficient (Wildman–Crippen LogP) is 1.48. The molecule has 1 unspecified atom stereocenters. The number of carbonyl (C=O) groups is 1. The standard InChI is InChI=1S/C19H24N2O4/c1-13-3-4-16-15(11-19(23)25-17(16)9-13)10-18(22)20-14(2)12-21-5-7-24-8-6-21/h3-4,9,11,14H,5-8,10,12H2,1-2H3,(H,20,22). The fourth-order valence-corrected chi connectivity index (χ4v) is 3.20. The smallest absolute Gasteiger partial charge is 0.336 e. The Bertz CT molecular complexity index is 809. The van der Waals surface area contributed by atoms with E-state index in [2.05, 4.69) is 10.2 Å². The summed E-state index contributed by atoms with van der Waals surface area (Å²) in [5.74, 6) is -0.0896. The molecule has 0 spiro atoms. The molecule has 0 saturated carbocycles. The summed E-state index contributed by atoms with van der Waals surface area (Å²) in [6.07, 6.45) is 0.165. The maximum Gasteiger partial charge on any atom is 0.336 e. The molecule has 1 N–H and O–H groups in total. The van der Waals surface area contributed by atoms with Crippen molar-refractivity contribution >= 4 is 16.9 Å². The summed E-state index contributed by atoms with van der Waals surface area (Å²) in [7, 11) is 0. The maximum absolute atomic E-state index is 12.4. The topological polar surface area (TPSA) is 71.8 Å². The second kappa shape index (κ2) is 7.80. The van der Waals surface area contributed by atoms with Crippen LogP contribution in [0.25, 0.3) is 11.0 Å². The van der Waals surface area contributed by atoms with Gasteiger partial charge in [-0.2, -0.15) is 0 Å². The zero-order chi connectivity index (χ0) is 17.8. The first-order chi connectivity index (χ1) is 12.0. The molecular formula is C19H24N2O4. The number of fused-ring (bicyclic) bond motifs is 1. The highest BCUT2D eigenvalue weighted by molar-refractivity contribution is 5.87. The number of hydrogen-bond acceptors (Lipinski definition) is 5. The molecule has 2 heterocycles. The minimum absolute atomic E-state index is 0.0410. The minimum Gasteiger partial charge on any atom is -0.423 e. The van der Waals surface area contributed by atoms with Crippen molar-refractivity contribution in [3.63, 3.8) is 0 Å². The van der Waals surface area contributed by atoms with Gasteiger partial charge in [0.15, 0.2) is 0 Å². The van der Waals surface area contributed by atoms with E-state index < -0.39 is 5.63 Å². The normalized spacial score (nSPS) is 16.7. The largest absolute Gasteiger partial charge is 0.423 e. The Morgan fingerprint density at radius 3 is 2.80 bits per heavy atom. The van der Waals surface area contributed by atoms with Crippen LogP contribution in [0, 0.1) is 6.92 Å². The fraction of sp³-hybridized carbons (Fsp3) is 0.474. The van der Waals surface area contributed by atoms with Gasteiger partial charge < -0.3 is 14.5 Å². The van der Waals surface area contributed by atoms with E-state index in [0.717, 1.165) is 43.8 Å². The molecule has 2 aromatic rings. The van der Waals surface area contributed by atoms with Crippen LogP contribution < -0.4 is 10.9 Å². The number of ether oxygens (including phenoxy) is 1. The van der Waals surface area contributed by atoms with Gasteiger partial charge in [-0.1, -0.05) is 12.1 Å². The van der Waals surface area contributed by atoms with Gasteiger partial charge in [-0.15, -0.1) is 0 Å². The highest BCUT2D eigenvalue weighted by Crippen LogP contribution is 2.19. The monoisotopic (exact) mass is 344 g/mol. The summed E-state index contributed by atoms with van der Waals surface area (Å²) in [6, 6.07) is 7.11. The number of benzene rings is 1. The molecule has 3 rings (SSSR count). The Morgan fingerprint density at radius 2 is 2.04 bits per heavy atom. The van der Waals surface area contributed by atoms with Gasteiger partial charge in [0.05, 0.1) is 19.6 Å². The van der Waals surface area contributed by atoms with E-state index in [1.165, 1.54) is 6.07 Å². The van der Waals surface area contributed by atoms with Crippen LogP contribution in [0.4, 0.5) is 0 Å². The molecule has 1 aliphatic heterocycles. The maximum atomic E-state index is 12.4. The zero-order valence-electron chi connectivity index (χ0n) is 14.7. The lowest BCUT2D eigenvalue weighted by molar-refractivity contribution is -0.121. The molecule has 0 aliphatic carbocycles. The van der Waals surface area contributed by atoms with Gasteiger partial charge in [0.25, 0.3) is 0 Å². The van der Waals surface area contributed by atoms with E-state index in [9.17, 15) is 9.59 Å². The molecule has 1 aromatic heterocycles. The van der Waals surface area contributed by atoms with E-state index in [1.807, 2.05) is 32.0 Å². The summed E-state index contributed by atoms with van der Waals surface area (Å²) in [4.78, 5) is 26.4. The van der Waals surface area contributed by atoms with Crippen molar-refractivity contribution in [2.24, 2.45) is 0 Å². The van der Waals surface area contributed by atoms with Crippen molar-refractivity contribution < 1.29 is 13.9 Å². The van der Waals surface area contributed by atoms with Gasteiger partial charge in [-0.3, -0.25) is 9.69 Å². The average Bonchev–Trinajstić information content (AvgIpc) is 2.54. The SMILES string of the molecule is Cc1ccc2c(CC(=O)NC(C)CN3CCOCC3)cc(=O)oc2c1. The molecule has 6 heteroatoms. The van der Waals surface area contributed by atoms with Crippen LogP contribution in [-0.4, -0.2) is 49.7 Å². The molecule has 25 heavy (non-hydrogen) atoms. The lowest BCUT2D eigenvalue weighted by atomic mass is 10.1. The third-order valence-electron chi connectivity index (χ3n) is 4.38. The Labute approximate surface area is 146 Å². The van der Waals surface area contributed by atoms with E-state index in [0.29, 0.717) is 11.1 Å². The van der Waals surface area contributed by atoms with Crippen LogP contribution >= 0.6 is 0 Å². The van der Waals surface area contributed by atoms with Crippen LogP contribution in [0.5, 0.6) is 0 Å². The van der Waals surface area contributed by atoms with Gasteiger partial charge in [-0.05, 0) is 31.0 Å². The van der Waals surface area contributed by atoms with Crippen LogP contribution in [0.1, 0.15) is 18.1 Å². The Kier molecular flexibility index (Phi) is 5.50. The number of aryl methyl sites for hydroxylation is 1.